The van der Waals surface area contributed by atoms with Crippen LogP contribution in [0.4, 0.5) is 0 Å². The Morgan fingerprint density at radius 2 is 0.720 bits per heavy atom. The van der Waals surface area contributed by atoms with Gasteiger partial charge in [0.25, 0.3) is 0 Å². The first-order valence-electron chi connectivity index (χ1n) is 7.00. The maximum Gasteiger partial charge on any atom is 0.173 e. The maximum absolute atomic E-state index is 2.68. The zero-order valence-electron chi connectivity index (χ0n) is 12.9. The van der Waals surface area contributed by atoms with Crippen LogP contribution in [0.25, 0.3) is 0 Å². The van der Waals surface area contributed by atoms with E-state index >= 15 is 0 Å². The van der Waals surface area contributed by atoms with Crippen molar-refractivity contribution in [2.45, 2.75) is 0 Å². The van der Waals surface area contributed by atoms with Crippen LogP contribution in [0.3, 0.4) is 0 Å². The van der Waals surface area contributed by atoms with Crippen molar-refractivity contribution in [1.29, 1.82) is 0 Å². The predicted octanol–water partition coefficient (Wildman–Crippen LogP) is 4.88. The Hall–Kier alpha value is 2.47. The van der Waals surface area contributed by atoms with E-state index in [9.17, 15) is 0 Å². The molecule has 7 heteroatoms. The molecule has 0 unspecified atom stereocenters. The summed E-state index contributed by atoms with van der Waals surface area (Å²) in [6, 6.07) is 32.6. The number of halogens is 6. The fourth-order valence-electron chi connectivity index (χ4n) is 2.35. The quantitative estimate of drug-likeness (QED) is 0.260. The monoisotopic (exact) mass is 1020 g/mol. The zero-order chi connectivity index (χ0) is 18.5. The molecule has 3 aromatic carbocycles. The maximum atomic E-state index is 2.68. The van der Waals surface area contributed by atoms with E-state index in [4.69, 9.17) is 0 Å². The van der Waals surface area contributed by atoms with Crippen LogP contribution in [-0.4, -0.2) is 0 Å². The standard InChI is InChI=1S/C18H15IP.I3.I2/c19-20(16-10-4-1-5-11-16,17-12-6-2-7-13-17)18-14-8-3-9-15-18;1-3-2;1-2/h1-15H;;/q+1;-1;. The molecule has 0 N–H and O–H groups in total. The molecule has 0 fully saturated rings. The zero-order valence-corrected chi connectivity index (χ0v) is 26.7. The Labute approximate surface area is 217 Å². The Bertz CT molecular complexity index is 598. The molecule has 0 bridgehead atoms. The summed E-state index contributed by atoms with van der Waals surface area (Å²) in [6.45, 7) is 0. The van der Waals surface area contributed by atoms with Gasteiger partial charge in [-0.25, -0.2) is 0 Å². The van der Waals surface area contributed by atoms with E-state index in [0.717, 1.165) is 0 Å². The second-order valence-electron chi connectivity index (χ2n) is 4.65. The van der Waals surface area contributed by atoms with E-state index in [1.54, 1.807) is 0 Å². The van der Waals surface area contributed by atoms with Crippen molar-refractivity contribution in [3.05, 3.63) is 91.0 Å². The van der Waals surface area contributed by atoms with Crippen molar-refractivity contribution in [3.63, 3.8) is 0 Å². The van der Waals surface area contributed by atoms with E-state index in [2.05, 4.69) is 187 Å². The minimum absolute atomic E-state index is 0.530. The SMILES string of the molecule is II.I[I-]I.I[P+](c1ccccc1)(c1ccccc1)c1ccccc1. The Balaban J connectivity index is 0.000000567. The fraction of sp³-hybridized carbons (Fsp3) is 0. The molecule has 0 saturated carbocycles. The third kappa shape index (κ3) is 8.01. The first-order valence-corrected chi connectivity index (χ1v) is 30.4. The van der Waals surface area contributed by atoms with Gasteiger partial charge in [0.05, 0.1) is 0 Å². The number of benzene rings is 3. The van der Waals surface area contributed by atoms with E-state index in [1.165, 1.54) is 15.9 Å². The summed E-state index contributed by atoms with van der Waals surface area (Å²) < 4.78 is 0. The fourth-order valence-corrected chi connectivity index (χ4v) is 7.89. The molecule has 0 aromatic heterocycles. The molecule has 0 nitrogen and oxygen atoms in total. The molecule has 25 heavy (non-hydrogen) atoms. The van der Waals surface area contributed by atoms with Crippen molar-refractivity contribution in [1.82, 2.24) is 0 Å². The smallest absolute Gasteiger partial charge is 0.0620 e. The Morgan fingerprint density at radius 3 is 0.920 bits per heavy atom. The molecular formula is C18H15I6P. The first kappa shape index (κ1) is 25.5. The van der Waals surface area contributed by atoms with Gasteiger partial charge in [-0.05, 0) is 36.4 Å². The molecule has 0 aliphatic heterocycles. The van der Waals surface area contributed by atoms with Crippen molar-refractivity contribution in [2.24, 2.45) is 0 Å². The van der Waals surface area contributed by atoms with Crippen LogP contribution in [-0.2, 0) is 0 Å². The van der Waals surface area contributed by atoms with Crippen LogP contribution in [0.15, 0.2) is 91.0 Å². The van der Waals surface area contributed by atoms with Crippen molar-refractivity contribution >= 4 is 117 Å². The van der Waals surface area contributed by atoms with Crippen molar-refractivity contribution in [3.8, 4) is 0 Å². The van der Waals surface area contributed by atoms with Crippen LogP contribution in [0.1, 0.15) is 0 Å². The third-order valence-electron chi connectivity index (χ3n) is 3.34. The van der Waals surface area contributed by atoms with Crippen LogP contribution >= 0.6 is 101 Å². The minimum atomic E-state index is -1.56. The third-order valence-corrected chi connectivity index (χ3v) is 11.4. The van der Waals surface area contributed by atoms with E-state index in [1.807, 2.05) is 0 Å². The van der Waals surface area contributed by atoms with Crippen LogP contribution in [0.2, 0.25) is 0 Å². The van der Waals surface area contributed by atoms with Gasteiger partial charge < -0.3 is 0 Å². The van der Waals surface area contributed by atoms with E-state index < -0.39 is 4.90 Å². The van der Waals surface area contributed by atoms with Crippen molar-refractivity contribution < 1.29 is 13.3 Å². The molecule has 134 valence electrons. The van der Waals surface area contributed by atoms with Gasteiger partial charge in [0.1, 0.15) is 15.9 Å². The van der Waals surface area contributed by atoms with Gasteiger partial charge in [0.2, 0.25) is 0 Å². The van der Waals surface area contributed by atoms with Gasteiger partial charge in [-0.15, -0.1) is 0 Å². The van der Waals surface area contributed by atoms with Crippen LogP contribution in [0.5, 0.6) is 0 Å². The normalized spacial score (nSPS) is 10.1. The van der Waals surface area contributed by atoms with Gasteiger partial charge >= 0.3 is 50.5 Å². The van der Waals surface area contributed by atoms with Gasteiger partial charge in [0.15, 0.2) is 26.9 Å². The summed E-state index contributed by atoms with van der Waals surface area (Å²) in [5, 5.41) is 4.24. The Morgan fingerprint density at radius 1 is 0.520 bits per heavy atom. The van der Waals surface area contributed by atoms with Gasteiger partial charge in [-0.3, -0.25) is 0 Å². The van der Waals surface area contributed by atoms with E-state index in [-0.39, 0.29) is 0 Å². The molecule has 3 rings (SSSR count). The topological polar surface area (TPSA) is 0 Å². The molecule has 0 amide bonds. The minimum Gasteiger partial charge on any atom is -0.0620 e. The van der Waals surface area contributed by atoms with Crippen LogP contribution in [0, 0.1) is 0 Å². The molecule has 0 saturated heterocycles. The van der Waals surface area contributed by atoms with Crippen LogP contribution < -0.4 is 29.2 Å². The number of hydrogen-bond acceptors (Lipinski definition) is 0. The number of rotatable bonds is 3. The molecular weight excluding hydrogens is 1010 g/mol. The Kier molecular flexibility index (Phi) is 15.6. The van der Waals surface area contributed by atoms with Gasteiger partial charge in [0, 0.05) is 37.2 Å². The average Bonchev–Trinajstić information content (AvgIpc) is 2.71. The largest absolute Gasteiger partial charge is 0.173 e. The van der Waals surface area contributed by atoms with Gasteiger partial charge in [-0.1, -0.05) is 54.6 Å². The molecule has 0 spiro atoms. The second-order valence-corrected chi connectivity index (χ2v) is 28.0. The molecule has 0 aliphatic rings. The molecule has 3 aromatic rings. The molecule has 0 atom stereocenters. The number of hydrogen-bond donors (Lipinski definition) is 0. The molecule has 0 heterocycles. The van der Waals surface area contributed by atoms with Gasteiger partial charge in [-0.2, -0.15) is 0 Å². The second kappa shape index (κ2) is 15.3. The summed E-state index contributed by atoms with van der Waals surface area (Å²) in [5.74, 6) is 0. The molecule has 0 aliphatic carbocycles. The summed E-state index contributed by atoms with van der Waals surface area (Å²) in [5.41, 5.74) is 0. The van der Waals surface area contributed by atoms with Crippen molar-refractivity contribution in [2.75, 3.05) is 0 Å². The summed E-state index contributed by atoms with van der Waals surface area (Å²) in [6.07, 6.45) is 0. The molecule has 0 radical (unpaired) electrons. The summed E-state index contributed by atoms with van der Waals surface area (Å²) in [7, 11) is 0. The predicted molar refractivity (Wildman–Crippen MR) is 155 cm³/mol. The summed E-state index contributed by atoms with van der Waals surface area (Å²) >= 11 is 12.2. The first-order chi connectivity index (χ1) is 12.2. The summed E-state index contributed by atoms with van der Waals surface area (Å²) in [4.78, 5) is -1.56. The average molecular weight is 1020 g/mol. The van der Waals surface area contributed by atoms with E-state index in [0.29, 0.717) is 13.3 Å².